The summed E-state index contributed by atoms with van der Waals surface area (Å²) in [7, 11) is 0. The minimum Gasteiger partial charge on any atom is -0.406 e. The summed E-state index contributed by atoms with van der Waals surface area (Å²) in [5, 5.41) is 7.67. The number of piperidine rings is 1. The zero-order chi connectivity index (χ0) is 25.7. The fourth-order valence-electron chi connectivity index (χ4n) is 5.55. The number of aryl methyl sites for hydroxylation is 1. The molecule has 8 nitrogen and oxygen atoms in total. The molecule has 3 aliphatic heterocycles. The lowest BCUT2D eigenvalue weighted by Gasteiger charge is -2.48. The lowest BCUT2D eigenvalue weighted by atomic mass is 9.90. The van der Waals surface area contributed by atoms with Crippen LogP contribution in [0.4, 0.5) is 13.2 Å². The molecule has 2 fully saturated rings. The van der Waals surface area contributed by atoms with Crippen LogP contribution in [0, 0.1) is 6.92 Å². The minimum absolute atomic E-state index is 0.114. The summed E-state index contributed by atoms with van der Waals surface area (Å²) in [5.74, 6) is 0.664. The Labute approximate surface area is 211 Å². The maximum absolute atomic E-state index is 13.1. The molecular formula is C26H26F3N5O3. The van der Waals surface area contributed by atoms with Crippen molar-refractivity contribution in [1.82, 2.24) is 25.3 Å². The normalized spacial score (nSPS) is 21.5. The Kier molecular flexibility index (Phi) is 5.91. The highest BCUT2D eigenvalue weighted by molar-refractivity contribution is 6.00. The van der Waals surface area contributed by atoms with E-state index in [4.69, 9.17) is 4.52 Å². The molecule has 37 heavy (non-hydrogen) atoms. The Hall–Kier alpha value is -3.44. The van der Waals surface area contributed by atoms with Crippen LogP contribution in [0.5, 0.6) is 5.75 Å². The average molecular weight is 514 g/mol. The number of ether oxygens (including phenoxy) is 1. The topological polar surface area (TPSA) is 83.7 Å². The molecule has 0 bridgehead atoms. The zero-order valence-corrected chi connectivity index (χ0v) is 20.2. The predicted octanol–water partition coefficient (Wildman–Crippen LogP) is 4.04. The molecule has 0 saturated carbocycles. The van der Waals surface area contributed by atoms with E-state index in [1.165, 1.54) is 30.7 Å². The van der Waals surface area contributed by atoms with Gasteiger partial charge in [0.25, 0.3) is 5.91 Å². The van der Waals surface area contributed by atoms with Gasteiger partial charge in [0.2, 0.25) is 11.7 Å². The first-order chi connectivity index (χ1) is 17.7. The second-order valence-electron chi connectivity index (χ2n) is 9.89. The van der Waals surface area contributed by atoms with Crippen LogP contribution in [0.15, 0.2) is 40.9 Å². The summed E-state index contributed by atoms with van der Waals surface area (Å²) in [5.41, 5.74) is 3.82. The van der Waals surface area contributed by atoms with Gasteiger partial charge >= 0.3 is 6.36 Å². The molecule has 2 unspecified atom stereocenters. The van der Waals surface area contributed by atoms with Crippen LogP contribution in [0.2, 0.25) is 0 Å². The van der Waals surface area contributed by atoms with Crippen LogP contribution in [0.3, 0.4) is 0 Å². The van der Waals surface area contributed by atoms with E-state index in [1.807, 2.05) is 19.1 Å². The molecule has 1 amide bonds. The average Bonchev–Trinajstić information content (AvgIpc) is 3.40. The van der Waals surface area contributed by atoms with Crippen molar-refractivity contribution in [3.63, 3.8) is 0 Å². The molecule has 3 aliphatic rings. The number of rotatable bonds is 6. The molecule has 0 aliphatic carbocycles. The third-order valence-electron chi connectivity index (χ3n) is 7.36. The van der Waals surface area contributed by atoms with Crippen molar-refractivity contribution in [2.75, 3.05) is 13.1 Å². The molecule has 2 saturated heterocycles. The first-order valence-electron chi connectivity index (χ1n) is 12.3. The number of amides is 1. The molecule has 2 aromatic carbocycles. The Morgan fingerprint density at radius 1 is 1.19 bits per heavy atom. The van der Waals surface area contributed by atoms with Gasteiger partial charge in [-0.25, -0.2) is 0 Å². The highest BCUT2D eigenvalue weighted by Gasteiger charge is 2.38. The van der Waals surface area contributed by atoms with Crippen molar-refractivity contribution in [2.24, 2.45) is 0 Å². The fraction of sp³-hybridized carbons (Fsp3) is 0.423. The van der Waals surface area contributed by atoms with Gasteiger partial charge in [-0.2, -0.15) is 4.98 Å². The number of alkyl halides is 3. The van der Waals surface area contributed by atoms with Crippen molar-refractivity contribution in [3.05, 3.63) is 64.5 Å². The number of carbonyl (C=O) groups is 1. The molecule has 11 heteroatoms. The Balaban J connectivity index is 1.15. The number of halogens is 3. The van der Waals surface area contributed by atoms with Crippen LogP contribution in [-0.2, 0) is 19.6 Å². The highest BCUT2D eigenvalue weighted by Crippen LogP contribution is 2.32. The van der Waals surface area contributed by atoms with Crippen molar-refractivity contribution in [2.45, 2.75) is 57.8 Å². The number of fused-ring (bicyclic) bond motifs is 2. The van der Waals surface area contributed by atoms with E-state index in [0.29, 0.717) is 48.0 Å². The molecule has 6 rings (SSSR count). The molecule has 4 heterocycles. The van der Waals surface area contributed by atoms with Crippen molar-refractivity contribution in [1.29, 1.82) is 0 Å². The predicted molar refractivity (Wildman–Crippen MR) is 126 cm³/mol. The Morgan fingerprint density at radius 3 is 2.73 bits per heavy atom. The van der Waals surface area contributed by atoms with Gasteiger partial charge in [0, 0.05) is 42.8 Å². The lowest BCUT2D eigenvalue weighted by molar-refractivity contribution is -0.274. The number of nitrogens with zero attached hydrogens (tertiary/aromatic N) is 4. The van der Waals surface area contributed by atoms with Crippen LogP contribution >= 0.6 is 0 Å². The summed E-state index contributed by atoms with van der Waals surface area (Å²) in [6, 6.07) is 10.4. The lowest BCUT2D eigenvalue weighted by Crippen LogP contribution is -2.66. The molecule has 1 N–H and O–H groups in total. The fourth-order valence-corrected chi connectivity index (χ4v) is 5.55. The van der Waals surface area contributed by atoms with E-state index < -0.39 is 6.36 Å². The van der Waals surface area contributed by atoms with E-state index in [9.17, 15) is 18.0 Å². The number of hydrogen-bond donors (Lipinski definition) is 1. The van der Waals surface area contributed by atoms with E-state index in [2.05, 4.69) is 25.1 Å². The van der Waals surface area contributed by atoms with Gasteiger partial charge in [-0.15, -0.1) is 13.2 Å². The van der Waals surface area contributed by atoms with Crippen LogP contribution in [0.1, 0.15) is 45.8 Å². The second-order valence-corrected chi connectivity index (χ2v) is 9.89. The summed E-state index contributed by atoms with van der Waals surface area (Å²) in [6.45, 7) is 5.18. The van der Waals surface area contributed by atoms with E-state index in [0.717, 1.165) is 36.2 Å². The van der Waals surface area contributed by atoms with E-state index in [1.54, 1.807) is 4.90 Å². The third kappa shape index (κ3) is 4.80. The summed E-state index contributed by atoms with van der Waals surface area (Å²) in [6.07, 6.45) is -2.39. The Bertz CT molecular complexity index is 1320. The van der Waals surface area contributed by atoms with Gasteiger partial charge in [-0.3, -0.25) is 9.69 Å². The third-order valence-corrected chi connectivity index (χ3v) is 7.36. The molecular weight excluding hydrogens is 487 g/mol. The number of hydrogen-bond acceptors (Lipinski definition) is 7. The van der Waals surface area contributed by atoms with Gasteiger partial charge < -0.3 is 19.5 Å². The summed E-state index contributed by atoms with van der Waals surface area (Å²) in [4.78, 5) is 21.8. The van der Waals surface area contributed by atoms with Crippen molar-refractivity contribution >= 4 is 5.91 Å². The number of nitrogens with one attached hydrogen (secondary N) is 1. The van der Waals surface area contributed by atoms with Gasteiger partial charge in [-0.05, 0) is 67.3 Å². The molecule has 0 radical (unpaired) electrons. The quantitative estimate of drug-likeness (QED) is 0.533. The van der Waals surface area contributed by atoms with Gasteiger partial charge in [0.05, 0.1) is 6.54 Å². The standard InChI is InChI=1S/C26H26F3N5O3/c1-15-9-17(24-31-22(37-32-24)14-33-8-2-3-20-21(33)11-30-20)10-18-13-34(25(35)23(15)18)12-16-4-6-19(7-5-16)36-26(27,28)29/h4-7,9-10,20-21,30H,2-3,8,11-14H2,1H3. The molecule has 3 aromatic rings. The molecule has 2 atom stereocenters. The molecule has 0 spiro atoms. The van der Waals surface area contributed by atoms with Crippen LogP contribution in [0.25, 0.3) is 11.4 Å². The second kappa shape index (κ2) is 9.14. The SMILES string of the molecule is Cc1cc(-c2noc(CN3CCCC4NCC43)n2)cc2c1C(=O)N(Cc1ccc(OC(F)(F)F)cc1)C2. The first-order valence-corrected chi connectivity index (χ1v) is 12.3. The highest BCUT2D eigenvalue weighted by atomic mass is 19.4. The Morgan fingerprint density at radius 2 is 2.00 bits per heavy atom. The number of carbonyl (C=O) groups excluding carboxylic acids is 1. The maximum atomic E-state index is 13.1. The molecule has 194 valence electrons. The first kappa shape index (κ1) is 23.9. The zero-order valence-electron chi connectivity index (χ0n) is 20.2. The van der Waals surface area contributed by atoms with Crippen molar-refractivity contribution < 1.29 is 27.2 Å². The van der Waals surface area contributed by atoms with Crippen LogP contribution < -0.4 is 10.1 Å². The van der Waals surface area contributed by atoms with Crippen molar-refractivity contribution in [3.8, 4) is 17.1 Å². The van der Waals surface area contributed by atoms with Crippen LogP contribution in [-0.4, -0.2) is 57.4 Å². The number of aromatic nitrogens is 2. The van der Waals surface area contributed by atoms with Gasteiger partial charge in [0.1, 0.15) is 5.75 Å². The number of benzene rings is 2. The van der Waals surface area contributed by atoms with Gasteiger partial charge in [-0.1, -0.05) is 17.3 Å². The largest absolute Gasteiger partial charge is 0.573 e. The van der Waals surface area contributed by atoms with E-state index in [-0.39, 0.29) is 18.2 Å². The molecule has 1 aromatic heterocycles. The smallest absolute Gasteiger partial charge is 0.406 e. The van der Waals surface area contributed by atoms with E-state index >= 15 is 0 Å². The summed E-state index contributed by atoms with van der Waals surface area (Å²) < 4.78 is 46.7. The number of likely N-dealkylation sites (tertiary alicyclic amines) is 1. The maximum Gasteiger partial charge on any atom is 0.573 e. The van der Waals surface area contributed by atoms with Gasteiger partial charge in [0.15, 0.2) is 0 Å². The minimum atomic E-state index is -4.74. The monoisotopic (exact) mass is 513 g/mol. The summed E-state index contributed by atoms with van der Waals surface area (Å²) >= 11 is 0.